The number of ether oxygens (including phenoxy) is 1. The van der Waals surface area contributed by atoms with Gasteiger partial charge in [0.2, 0.25) is 5.91 Å². The molecule has 1 aliphatic carbocycles. The third-order valence-electron chi connectivity index (χ3n) is 5.94. The van der Waals surface area contributed by atoms with Crippen molar-refractivity contribution in [2.24, 2.45) is 5.92 Å². The highest BCUT2D eigenvalue weighted by atomic mass is 19.1. The third-order valence-corrected chi connectivity index (χ3v) is 5.94. The summed E-state index contributed by atoms with van der Waals surface area (Å²) in [6.45, 7) is 0.822. The predicted octanol–water partition coefficient (Wildman–Crippen LogP) is 5.08. The highest BCUT2D eigenvalue weighted by Crippen LogP contribution is 2.49. The number of carbonyl (C=O) groups is 1. The largest absolute Gasteiger partial charge is 0.497 e. The van der Waals surface area contributed by atoms with Gasteiger partial charge in [-0.1, -0.05) is 37.1 Å². The van der Waals surface area contributed by atoms with Gasteiger partial charge >= 0.3 is 0 Å². The number of benzene rings is 2. The van der Waals surface area contributed by atoms with Gasteiger partial charge in [-0.25, -0.2) is 4.39 Å². The lowest BCUT2D eigenvalue weighted by Gasteiger charge is -2.31. The molecule has 0 aromatic heterocycles. The zero-order chi connectivity index (χ0) is 18.8. The van der Waals surface area contributed by atoms with Gasteiger partial charge < -0.3 is 9.64 Å². The van der Waals surface area contributed by atoms with Crippen LogP contribution in [0.5, 0.6) is 5.75 Å². The maximum atomic E-state index is 13.3. The Labute approximate surface area is 160 Å². The molecule has 2 aliphatic rings. The molecule has 2 aromatic rings. The van der Waals surface area contributed by atoms with Crippen LogP contribution in [0.2, 0.25) is 0 Å². The van der Waals surface area contributed by atoms with Gasteiger partial charge in [-0.2, -0.15) is 0 Å². The molecule has 0 radical (unpaired) electrons. The minimum absolute atomic E-state index is 0.0364. The van der Waals surface area contributed by atoms with Crippen LogP contribution in [0.15, 0.2) is 48.5 Å². The van der Waals surface area contributed by atoms with Crippen molar-refractivity contribution in [1.82, 2.24) is 4.90 Å². The standard InChI is InChI=1S/C23H26FNO2/c1-27-19-12-8-17(9-13-19)22-5-3-2-4-14-25(22)23(26)21-15-20(21)16-6-10-18(24)11-7-16/h6-13,20-22H,2-5,14-15H2,1H3. The summed E-state index contributed by atoms with van der Waals surface area (Å²) in [6, 6.07) is 14.9. The van der Waals surface area contributed by atoms with Crippen molar-refractivity contribution in [2.45, 2.75) is 44.1 Å². The van der Waals surface area contributed by atoms with E-state index in [-0.39, 0.29) is 29.6 Å². The fourth-order valence-corrected chi connectivity index (χ4v) is 4.30. The Hall–Kier alpha value is -2.36. The number of hydrogen-bond donors (Lipinski definition) is 0. The Balaban J connectivity index is 1.52. The van der Waals surface area contributed by atoms with E-state index in [0.29, 0.717) is 0 Å². The Bertz CT molecular complexity index is 787. The Morgan fingerprint density at radius 3 is 2.41 bits per heavy atom. The van der Waals surface area contributed by atoms with Crippen molar-refractivity contribution in [3.63, 3.8) is 0 Å². The van der Waals surface area contributed by atoms with Gasteiger partial charge in [0.05, 0.1) is 13.2 Å². The van der Waals surface area contributed by atoms with Crippen LogP contribution in [-0.4, -0.2) is 24.5 Å². The Kier molecular flexibility index (Phi) is 5.15. The van der Waals surface area contributed by atoms with Crippen molar-refractivity contribution >= 4 is 5.91 Å². The first-order valence-electron chi connectivity index (χ1n) is 9.87. The Morgan fingerprint density at radius 2 is 1.70 bits per heavy atom. The summed E-state index contributed by atoms with van der Waals surface area (Å²) in [5.74, 6) is 1.14. The van der Waals surface area contributed by atoms with Gasteiger partial charge in [-0.15, -0.1) is 0 Å². The first kappa shape index (κ1) is 18.0. The van der Waals surface area contributed by atoms with E-state index < -0.39 is 0 Å². The van der Waals surface area contributed by atoms with E-state index in [4.69, 9.17) is 4.74 Å². The molecule has 1 saturated carbocycles. The molecule has 1 amide bonds. The molecule has 4 heteroatoms. The van der Waals surface area contributed by atoms with E-state index in [9.17, 15) is 9.18 Å². The minimum atomic E-state index is -0.227. The number of methoxy groups -OCH3 is 1. The molecule has 0 spiro atoms. The summed E-state index contributed by atoms with van der Waals surface area (Å²) in [5.41, 5.74) is 2.26. The second-order valence-electron chi connectivity index (χ2n) is 7.67. The molecule has 3 nitrogen and oxygen atoms in total. The van der Waals surface area contributed by atoms with Crippen molar-refractivity contribution in [1.29, 1.82) is 0 Å². The molecule has 1 saturated heterocycles. The zero-order valence-electron chi connectivity index (χ0n) is 15.7. The van der Waals surface area contributed by atoms with Crippen LogP contribution >= 0.6 is 0 Å². The molecule has 2 fully saturated rings. The number of amides is 1. The molecule has 142 valence electrons. The molecule has 3 atom stereocenters. The van der Waals surface area contributed by atoms with Crippen LogP contribution < -0.4 is 4.74 Å². The maximum Gasteiger partial charge on any atom is 0.226 e. The van der Waals surface area contributed by atoms with Crippen LogP contribution in [-0.2, 0) is 4.79 Å². The fourth-order valence-electron chi connectivity index (χ4n) is 4.30. The van der Waals surface area contributed by atoms with E-state index >= 15 is 0 Å². The average molecular weight is 367 g/mol. The molecular formula is C23H26FNO2. The average Bonchev–Trinajstić information content (AvgIpc) is 3.52. The second-order valence-corrected chi connectivity index (χ2v) is 7.67. The Morgan fingerprint density at radius 1 is 1.00 bits per heavy atom. The summed E-state index contributed by atoms with van der Waals surface area (Å²) < 4.78 is 18.4. The van der Waals surface area contributed by atoms with Gasteiger partial charge in [0.25, 0.3) is 0 Å². The van der Waals surface area contributed by atoms with E-state index in [2.05, 4.69) is 17.0 Å². The highest BCUT2D eigenvalue weighted by molar-refractivity contribution is 5.83. The fraction of sp³-hybridized carbons (Fsp3) is 0.435. The molecule has 0 N–H and O–H groups in total. The van der Waals surface area contributed by atoms with Crippen LogP contribution in [0.1, 0.15) is 55.2 Å². The molecule has 1 aliphatic heterocycles. The summed E-state index contributed by atoms with van der Waals surface area (Å²) in [5, 5.41) is 0. The normalized spacial score (nSPS) is 25.0. The maximum absolute atomic E-state index is 13.3. The van der Waals surface area contributed by atoms with E-state index in [1.807, 2.05) is 24.3 Å². The van der Waals surface area contributed by atoms with Crippen LogP contribution in [0.25, 0.3) is 0 Å². The van der Waals surface area contributed by atoms with E-state index in [1.54, 1.807) is 7.11 Å². The summed E-state index contributed by atoms with van der Waals surface area (Å²) >= 11 is 0. The van der Waals surface area contributed by atoms with Gasteiger partial charge in [0, 0.05) is 12.5 Å². The van der Waals surface area contributed by atoms with Crippen molar-refractivity contribution in [2.75, 3.05) is 13.7 Å². The van der Waals surface area contributed by atoms with E-state index in [1.165, 1.54) is 24.1 Å². The first-order valence-corrected chi connectivity index (χ1v) is 9.87. The lowest BCUT2D eigenvalue weighted by atomic mass is 10.00. The number of nitrogens with zero attached hydrogens (tertiary/aromatic N) is 1. The van der Waals surface area contributed by atoms with Gasteiger partial charge in [-0.3, -0.25) is 4.79 Å². The van der Waals surface area contributed by atoms with Crippen LogP contribution in [0.4, 0.5) is 4.39 Å². The number of carbonyl (C=O) groups excluding carboxylic acids is 1. The number of halogens is 1. The zero-order valence-corrected chi connectivity index (χ0v) is 15.7. The predicted molar refractivity (Wildman–Crippen MR) is 103 cm³/mol. The molecule has 0 bridgehead atoms. The summed E-state index contributed by atoms with van der Waals surface area (Å²) in [7, 11) is 1.67. The third kappa shape index (κ3) is 3.85. The SMILES string of the molecule is COc1ccc(C2CCCCCN2C(=O)C2CC2c2ccc(F)cc2)cc1. The van der Waals surface area contributed by atoms with Gasteiger partial charge in [0.1, 0.15) is 11.6 Å². The lowest BCUT2D eigenvalue weighted by molar-refractivity contribution is -0.135. The molecule has 1 heterocycles. The second kappa shape index (κ2) is 7.71. The summed E-state index contributed by atoms with van der Waals surface area (Å²) in [6.07, 6.45) is 5.25. The van der Waals surface area contributed by atoms with E-state index in [0.717, 1.165) is 43.5 Å². The smallest absolute Gasteiger partial charge is 0.226 e. The molecule has 3 unspecified atom stereocenters. The minimum Gasteiger partial charge on any atom is -0.497 e. The monoisotopic (exact) mass is 367 g/mol. The number of rotatable bonds is 4. The molecule has 2 aromatic carbocycles. The van der Waals surface area contributed by atoms with Crippen molar-refractivity contribution in [3.05, 3.63) is 65.5 Å². The van der Waals surface area contributed by atoms with Crippen molar-refractivity contribution < 1.29 is 13.9 Å². The van der Waals surface area contributed by atoms with Crippen LogP contribution in [0.3, 0.4) is 0 Å². The van der Waals surface area contributed by atoms with Gasteiger partial charge in [0.15, 0.2) is 0 Å². The molecular weight excluding hydrogens is 341 g/mol. The molecule has 4 rings (SSSR count). The van der Waals surface area contributed by atoms with Crippen molar-refractivity contribution in [3.8, 4) is 5.75 Å². The van der Waals surface area contributed by atoms with Gasteiger partial charge in [-0.05, 0) is 60.6 Å². The first-order chi connectivity index (χ1) is 13.2. The molecule has 27 heavy (non-hydrogen) atoms. The quantitative estimate of drug-likeness (QED) is 0.754. The number of likely N-dealkylation sites (tertiary alicyclic amines) is 1. The van der Waals surface area contributed by atoms with Crippen LogP contribution in [0, 0.1) is 11.7 Å². The summed E-state index contributed by atoms with van der Waals surface area (Å²) in [4.78, 5) is 15.4. The lowest BCUT2D eigenvalue weighted by Crippen LogP contribution is -2.36. The number of hydrogen-bond acceptors (Lipinski definition) is 2. The highest BCUT2D eigenvalue weighted by Gasteiger charge is 2.47. The topological polar surface area (TPSA) is 29.5 Å².